The largest absolute Gasteiger partial charge is 0.479 e. The van der Waals surface area contributed by atoms with Crippen LogP contribution in [0.3, 0.4) is 0 Å². The number of aliphatic carboxylic acids is 1. The monoisotopic (exact) mass is 245 g/mol. The number of hydrogen-bond donors (Lipinski definition) is 1. The van der Waals surface area contributed by atoms with Gasteiger partial charge in [-0.15, -0.1) is 0 Å². The van der Waals surface area contributed by atoms with Crippen LogP contribution in [0.2, 0.25) is 0 Å². The zero-order valence-electron chi connectivity index (χ0n) is 10.9. The van der Waals surface area contributed by atoms with Gasteiger partial charge in [0.2, 0.25) is 0 Å². The Labute approximate surface area is 103 Å². The highest BCUT2D eigenvalue weighted by atomic mass is 16.5. The molecule has 5 nitrogen and oxygen atoms in total. The van der Waals surface area contributed by atoms with Gasteiger partial charge < -0.3 is 14.6 Å². The van der Waals surface area contributed by atoms with E-state index in [9.17, 15) is 4.79 Å². The molecule has 0 aromatic carbocycles. The molecule has 1 rings (SSSR count). The summed E-state index contributed by atoms with van der Waals surface area (Å²) in [6, 6.07) is 0.414. The summed E-state index contributed by atoms with van der Waals surface area (Å²) < 4.78 is 10.6. The van der Waals surface area contributed by atoms with E-state index >= 15 is 0 Å². The number of carboxylic acids is 1. The highest BCUT2D eigenvalue weighted by molar-refractivity contribution is 5.72. The maximum absolute atomic E-state index is 10.8. The fraction of sp³-hybridized carbons (Fsp3) is 0.917. The molecular formula is C12H23NO4. The lowest BCUT2D eigenvalue weighted by Gasteiger charge is -2.28. The van der Waals surface area contributed by atoms with Gasteiger partial charge in [-0.1, -0.05) is 0 Å². The Hall–Kier alpha value is -0.650. The molecular weight excluding hydrogens is 222 g/mol. The Morgan fingerprint density at radius 1 is 1.53 bits per heavy atom. The number of methoxy groups -OCH3 is 1. The van der Waals surface area contributed by atoms with Gasteiger partial charge in [-0.2, -0.15) is 0 Å². The molecule has 1 fully saturated rings. The summed E-state index contributed by atoms with van der Waals surface area (Å²) in [5, 5.41) is 8.86. The minimum absolute atomic E-state index is 0.0374. The number of hydrogen-bond acceptors (Lipinski definition) is 4. The third kappa shape index (κ3) is 4.61. The summed E-state index contributed by atoms with van der Waals surface area (Å²) in [6.45, 7) is 6.57. The Morgan fingerprint density at radius 2 is 2.24 bits per heavy atom. The van der Waals surface area contributed by atoms with E-state index in [0.29, 0.717) is 19.1 Å². The van der Waals surface area contributed by atoms with Gasteiger partial charge in [0, 0.05) is 26.2 Å². The van der Waals surface area contributed by atoms with Crippen molar-refractivity contribution in [3.05, 3.63) is 0 Å². The number of carbonyl (C=O) groups is 1. The molecule has 1 N–H and O–H groups in total. The second-order valence-corrected chi connectivity index (χ2v) is 4.74. The molecule has 0 aliphatic carbocycles. The van der Waals surface area contributed by atoms with Crippen molar-refractivity contribution in [2.24, 2.45) is 0 Å². The Morgan fingerprint density at radius 3 is 2.71 bits per heavy atom. The van der Waals surface area contributed by atoms with Crippen LogP contribution in [0.5, 0.6) is 0 Å². The van der Waals surface area contributed by atoms with Crippen LogP contribution in [-0.4, -0.2) is 61.0 Å². The average Bonchev–Trinajstić information content (AvgIpc) is 2.72. The standard InChI is InChI=1S/C12H23NO4/c1-9(2)13(6-7-16-3)8-10-4-5-11(17-10)12(14)15/h9-11H,4-8H2,1-3H3,(H,14,15). The topological polar surface area (TPSA) is 59.0 Å². The normalized spacial score (nSPS) is 24.8. The van der Waals surface area contributed by atoms with Crippen molar-refractivity contribution in [2.75, 3.05) is 26.8 Å². The second-order valence-electron chi connectivity index (χ2n) is 4.74. The molecule has 0 radical (unpaired) electrons. The molecule has 0 bridgehead atoms. The van der Waals surface area contributed by atoms with Gasteiger partial charge in [0.25, 0.3) is 0 Å². The minimum atomic E-state index is -0.847. The van der Waals surface area contributed by atoms with Crippen molar-refractivity contribution in [1.82, 2.24) is 4.90 Å². The first-order chi connectivity index (χ1) is 8.04. The first kappa shape index (κ1) is 14.4. The first-order valence-corrected chi connectivity index (χ1v) is 6.15. The van der Waals surface area contributed by atoms with Gasteiger partial charge in [-0.05, 0) is 26.7 Å². The number of ether oxygens (including phenoxy) is 2. The number of nitrogens with zero attached hydrogens (tertiary/aromatic N) is 1. The van der Waals surface area contributed by atoms with Gasteiger partial charge in [-0.25, -0.2) is 4.79 Å². The summed E-state index contributed by atoms with van der Waals surface area (Å²) in [6.07, 6.45) is 0.871. The summed E-state index contributed by atoms with van der Waals surface area (Å²) in [7, 11) is 1.69. The van der Waals surface area contributed by atoms with Gasteiger partial charge >= 0.3 is 5.97 Å². The summed E-state index contributed by atoms with van der Waals surface area (Å²) >= 11 is 0. The van der Waals surface area contributed by atoms with E-state index in [2.05, 4.69) is 18.7 Å². The van der Waals surface area contributed by atoms with Crippen molar-refractivity contribution in [3.63, 3.8) is 0 Å². The van der Waals surface area contributed by atoms with Crippen LogP contribution in [0.4, 0.5) is 0 Å². The minimum Gasteiger partial charge on any atom is -0.479 e. The first-order valence-electron chi connectivity index (χ1n) is 6.15. The molecule has 1 aliphatic heterocycles. The van der Waals surface area contributed by atoms with Crippen LogP contribution in [0.25, 0.3) is 0 Å². The fourth-order valence-corrected chi connectivity index (χ4v) is 2.05. The van der Waals surface area contributed by atoms with Crippen LogP contribution in [0.1, 0.15) is 26.7 Å². The van der Waals surface area contributed by atoms with Crippen LogP contribution in [0.15, 0.2) is 0 Å². The van der Waals surface area contributed by atoms with Crippen molar-refractivity contribution in [1.29, 1.82) is 0 Å². The Bertz CT molecular complexity index is 245. The molecule has 100 valence electrons. The van der Waals surface area contributed by atoms with Crippen LogP contribution >= 0.6 is 0 Å². The van der Waals surface area contributed by atoms with Crippen molar-refractivity contribution in [2.45, 2.75) is 44.9 Å². The summed E-state index contributed by atoms with van der Waals surface area (Å²) in [5.74, 6) is -0.847. The molecule has 1 aliphatic rings. The Balaban J connectivity index is 2.38. The van der Waals surface area contributed by atoms with E-state index < -0.39 is 12.1 Å². The predicted molar refractivity (Wildman–Crippen MR) is 64.1 cm³/mol. The van der Waals surface area contributed by atoms with Gasteiger partial charge in [0.15, 0.2) is 6.10 Å². The van der Waals surface area contributed by atoms with Crippen molar-refractivity contribution in [3.8, 4) is 0 Å². The van der Waals surface area contributed by atoms with Crippen molar-refractivity contribution >= 4 is 5.97 Å². The van der Waals surface area contributed by atoms with E-state index in [1.54, 1.807) is 7.11 Å². The molecule has 17 heavy (non-hydrogen) atoms. The zero-order valence-corrected chi connectivity index (χ0v) is 10.9. The summed E-state index contributed by atoms with van der Waals surface area (Å²) in [5.41, 5.74) is 0. The maximum atomic E-state index is 10.8. The Kier molecular flexibility index (Phi) is 5.88. The lowest BCUT2D eigenvalue weighted by atomic mass is 10.1. The smallest absolute Gasteiger partial charge is 0.332 e. The van der Waals surface area contributed by atoms with E-state index in [1.807, 2.05) is 0 Å². The third-order valence-corrected chi connectivity index (χ3v) is 3.13. The quantitative estimate of drug-likeness (QED) is 0.724. The molecule has 0 spiro atoms. The summed E-state index contributed by atoms with van der Waals surface area (Å²) in [4.78, 5) is 13.0. The molecule has 2 atom stereocenters. The number of carboxylic acid groups (broad SMARTS) is 1. The van der Waals surface area contributed by atoms with Crippen LogP contribution in [-0.2, 0) is 14.3 Å². The van der Waals surface area contributed by atoms with E-state index in [1.165, 1.54) is 0 Å². The van der Waals surface area contributed by atoms with Gasteiger partial charge in [0.1, 0.15) is 0 Å². The number of rotatable bonds is 7. The second kappa shape index (κ2) is 6.93. The lowest BCUT2D eigenvalue weighted by molar-refractivity contribution is -0.149. The lowest BCUT2D eigenvalue weighted by Crippen LogP contribution is -2.40. The molecule has 0 aromatic rings. The molecule has 0 amide bonds. The van der Waals surface area contributed by atoms with E-state index in [-0.39, 0.29) is 6.10 Å². The van der Waals surface area contributed by atoms with E-state index in [0.717, 1.165) is 19.5 Å². The van der Waals surface area contributed by atoms with Crippen LogP contribution < -0.4 is 0 Å². The maximum Gasteiger partial charge on any atom is 0.332 e. The molecule has 1 heterocycles. The molecule has 5 heteroatoms. The molecule has 2 unspecified atom stereocenters. The molecule has 0 aromatic heterocycles. The van der Waals surface area contributed by atoms with Gasteiger partial charge in [0.05, 0.1) is 12.7 Å². The highest BCUT2D eigenvalue weighted by Crippen LogP contribution is 2.21. The van der Waals surface area contributed by atoms with Gasteiger partial charge in [-0.3, -0.25) is 4.90 Å². The predicted octanol–water partition coefficient (Wildman–Crippen LogP) is 0.975. The van der Waals surface area contributed by atoms with Crippen molar-refractivity contribution < 1.29 is 19.4 Å². The SMILES string of the molecule is COCCN(CC1CCC(C(=O)O)O1)C(C)C. The third-order valence-electron chi connectivity index (χ3n) is 3.13. The highest BCUT2D eigenvalue weighted by Gasteiger charge is 2.31. The molecule has 0 saturated carbocycles. The zero-order chi connectivity index (χ0) is 12.8. The van der Waals surface area contributed by atoms with E-state index in [4.69, 9.17) is 14.6 Å². The fourth-order valence-electron chi connectivity index (χ4n) is 2.05. The van der Waals surface area contributed by atoms with Crippen LogP contribution in [0, 0.1) is 0 Å². The average molecular weight is 245 g/mol. The molecule has 1 saturated heterocycles.